The molecular weight excluding hydrogens is 282 g/mol. The largest absolute Gasteiger partial charge is 0.300 e. The van der Waals surface area contributed by atoms with E-state index in [0.29, 0.717) is 12.2 Å². The Balaban J connectivity index is 2.02. The van der Waals surface area contributed by atoms with Gasteiger partial charge in [-0.15, -0.1) is 0 Å². The number of carbonyl (C=O) groups excluding carboxylic acids is 1. The SMILES string of the molecule is Cc1cccnc1N(C)C(=O)CCc1cccc([N+](=O)[O-])c1. The zero-order chi connectivity index (χ0) is 16.1. The lowest BCUT2D eigenvalue weighted by molar-refractivity contribution is -0.384. The first kappa shape index (κ1) is 15.6. The predicted octanol–water partition coefficient (Wildman–Crippen LogP) is 2.89. The maximum atomic E-state index is 12.2. The first-order valence-corrected chi connectivity index (χ1v) is 6.90. The molecule has 0 saturated heterocycles. The van der Waals surface area contributed by atoms with Crippen LogP contribution in [0.4, 0.5) is 11.5 Å². The summed E-state index contributed by atoms with van der Waals surface area (Å²) in [6, 6.07) is 10.1. The number of non-ortho nitro benzene ring substituents is 1. The number of nitro benzene ring substituents is 1. The summed E-state index contributed by atoms with van der Waals surface area (Å²) in [6.45, 7) is 1.90. The van der Waals surface area contributed by atoms with Crippen molar-refractivity contribution in [3.63, 3.8) is 0 Å². The molecule has 114 valence electrons. The highest BCUT2D eigenvalue weighted by Gasteiger charge is 2.14. The molecule has 0 unspecified atom stereocenters. The number of carbonyl (C=O) groups is 1. The van der Waals surface area contributed by atoms with E-state index in [0.717, 1.165) is 11.1 Å². The third-order valence-corrected chi connectivity index (χ3v) is 3.42. The monoisotopic (exact) mass is 299 g/mol. The molecule has 6 nitrogen and oxygen atoms in total. The van der Waals surface area contributed by atoms with E-state index >= 15 is 0 Å². The molecule has 22 heavy (non-hydrogen) atoms. The number of hydrogen-bond acceptors (Lipinski definition) is 4. The van der Waals surface area contributed by atoms with Crippen LogP contribution >= 0.6 is 0 Å². The number of nitrogens with zero attached hydrogens (tertiary/aromatic N) is 3. The summed E-state index contributed by atoms with van der Waals surface area (Å²) in [4.78, 5) is 28.3. The number of pyridine rings is 1. The molecular formula is C16H17N3O3. The zero-order valence-corrected chi connectivity index (χ0v) is 12.5. The van der Waals surface area contributed by atoms with Crippen LogP contribution in [0.3, 0.4) is 0 Å². The van der Waals surface area contributed by atoms with Crippen LogP contribution in [0.1, 0.15) is 17.5 Å². The van der Waals surface area contributed by atoms with E-state index in [4.69, 9.17) is 0 Å². The minimum atomic E-state index is -0.436. The predicted molar refractivity (Wildman–Crippen MR) is 83.8 cm³/mol. The molecule has 0 atom stereocenters. The van der Waals surface area contributed by atoms with E-state index in [1.54, 1.807) is 25.4 Å². The Morgan fingerprint density at radius 2 is 2.09 bits per heavy atom. The Morgan fingerprint density at radius 3 is 2.77 bits per heavy atom. The van der Waals surface area contributed by atoms with E-state index in [2.05, 4.69) is 4.98 Å². The fourth-order valence-electron chi connectivity index (χ4n) is 2.19. The molecule has 0 fully saturated rings. The molecule has 1 aromatic heterocycles. The van der Waals surface area contributed by atoms with Gasteiger partial charge in [-0.3, -0.25) is 19.8 Å². The summed E-state index contributed by atoms with van der Waals surface area (Å²) in [7, 11) is 1.69. The highest BCUT2D eigenvalue weighted by molar-refractivity contribution is 5.92. The van der Waals surface area contributed by atoms with Crippen LogP contribution in [0.15, 0.2) is 42.6 Å². The second-order valence-corrected chi connectivity index (χ2v) is 5.02. The van der Waals surface area contributed by atoms with Gasteiger partial charge in [0, 0.05) is 31.8 Å². The molecule has 2 aromatic rings. The molecule has 0 bridgehead atoms. The van der Waals surface area contributed by atoms with Crippen molar-refractivity contribution in [3.8, 4) is 0 Å². The molecule has 0 aliphatic carbocycles. The van der Waals surface area contributed by atoms with Crippen molar-refractivity contribution in [1.29, 1.82) is 0 Å². The average molecular weight is 299 g/mol. The topological polar surface area (TPSA) is 76.3 Å². The van der Waals surface area contributed by atoms with Crippen molar-refractivity contribution in [2.45, 2.75) is 19.8 Å². The van der Waals surface area contributed by atoms with Gasteiger partial charge in [0.15, 0.2) is 0 Å². The summed E-state index contributed by atoms with van der Waals surface area (Å²) in [5, 5.41) is 10.7. The highest BCUT2D eigenvalue weighted by atomic mass is 16.6. The van der Waals surface area contributed by atoms with Crippen LogP contribution in [0.5, 0.6) is 0 Å². The maximum Gasteiger partial charge on any atom is 0.269 e. The van der Waals surface area contributed by atoms with Crippen molar-refractivity contribution < 1.29 is 9.72 Å². The van der Waals surface area contributed by atoms with Gasteiger partial charge in [0.1, 0.15) is 5.82 Å². The fraction of sp³-hybridized carbons (Fsp3) is 0.250. The first-order chi connectivity index (χ1) is 10.5. The van der Waals surface area contributed by atoms with Crippen molar-refractivity contribution in [2.75, 3.05) is 11.9 Å². The Kier molecular flexibility index (Phi) is 4.83. The molecule has 0 spiro atoms. The van der Waals surface area contributed by atoms with Crippen LogP contribution in [0, 0.1) is 17.0 Å². The molecule has 0 radical (unpaired) electrons. The molecule has 0 N–H and O–H groups in total. The standard InChI is InChI=1S/C16H17N3O3/c1-12-5-4-10-17-16(12)18(2)15(20)9-8-13-6-3-7-14(11-13)19(21)22/h3-7,10-11H,8-9H2,1-2H3. The van der Waals surface area contributed by atoms with Gasteiger partial charge in [0.05, 0.1) is 4.92 Å². The maximum absolute atomic E-state index is 12.2. The van der Waals surface area contributed by atoms with Gasteiger partial charge in [-0.25, -0.2) is 4.98 Å². The lowest BCUT2D eigenvalue weighted by atomic mass is 10.1. The van der Waals surface area contributed by atoms with E-state index < -0.39 is 4.92 Å². The average Bonchev–Trinajstić information content (AvgIpc) is 2.52. The third kappa shape index (κ3) is 3.66. The van der Waals surface area contributed by atoms with E-state index in [9.17, 15) is 14.9 Å². The summed E-state index contributed by atoms with van der Waals surface area (Å²) in [5.41, 5.74) is 1.74. The van der Waals surface area contributed by atoms with Gasteiger partial charge in [0.2, 0.25) is 5.91 Å². The van der Waals surface area contributed by atoms with Gasteiger partial charge >= 0.3 is 0 Å². The molecule has 1 aromatic carbocycles. The number of amides is 1. The van der Waals surface area contributed by atoms with E-state index in [-0.39, 0.29) is 18.0 Å². The summed E-state index contributed by atoms with van der Waals surface area (Å²) in [6.07, 6.45) is 2.37. The number of aromatic nitrogens is 1. The number of hydrogen-bond donors (Lipinski definition) is 0. The third-order valence-electron chi connectivity index (χ3n) is 3.42. The van der Waals surface area contributed by atoms with Crippen LogP contribution in [-0.2, 0) is 11.2 Å². The Bertz CT molecular complexity index is 701. The molecule has 1 heterocycles. The van der Waals surface area contributed by atoms with Crippen LogP contribution in [-0.4, -0.2) is 22.9 Å². The van der Waals surface area contributed by atoms with Crippen molar-refractivity contribution in [2.24, 2.45) is 0 Å². The van der Waals surface area contributed by atoms with Crippen molar-refractivity contribution in [3.05, 3.63) is 63.8 Å². The van der Waals surface area contributed by atoms with Crippen LogP contribution < -0.4 is 4.90 Å². The van der Waals surface area contributed by atoms with Gasteiger partial charge in [-0.1, -0.05) is 18.2 Å². The molecule has 0 aliphatic heterocycles. The lowest BCUT2D eigenvalue weighted by Crippen LogP contribution is -2.28. The first-order valence-electron chi connectivity index (χ1n) is 6.90. The second kappa shape index (κ2) is 6.80. The van der Waals surface area contributed by atoms with Gasteiger partial charge in [-0.05, 0) is 30.5 Å². The molecule has 0 aliphatic rings. The van der Waals surface area contributed by atoms with Crippen molar-refractivity contribution >= 4 is 17.4 Å². The molecule has 0 saturated carbocycles. The van der Waals surface area contributed by atoms with E-state index in [1.165, 1.54) is 17.0 Å². The quantitative estimate of drug-likeness (QED) is 0.628. The van der Waals surface area contributed by atoms with Gasteiger partial charge in [-0.2, -0.15) is 0 Å². The highest BCUT2D eigenvalue weighted by Crippen LogP contribution is 2.17. The lowest BCUT2D eigenvalue weighted by Gasteiger charge is -2.18. The smallest absolute Gasteiger partial charge is 0.269 e. The molecule has 2 rings (SSSR count). The Hall–Kier alpha value is -2.76. The second-order valence-electron chi connectivity index (χ2n) is 5.02. The minimum Gasteiger partial charge on any atom is -0.300 e. The van der Waals surface area contributed by atoms with Crippen LogP contribution in [0.2, 0.25) is 0 Å². The summed E-state index contributed by atoms with van der Waals surface area (Å²) in [5.74, 6) is 0.555. The van der Waals surface area contributed by atoms with Crippen LogP contribution in [0.25, 0.3) is 0 Å². The number of benzene rings is 1. The Morgan fingerprint density at radius 1 is 1.32 bits per heavy atom. The zero-order valence-electron chi connectivity index (χ0n) is 12.5. The van der Waals surface area contributed by atoms with Gasteiger partial charge < -0.3 is 0 Å². The van der Waals surface area contributed by atoms with Crippen molar-refractivity contribution in [1.82, 2.24) is 4.98 Å². The number of nitro groups is 1. The summed E-state index contributed by atoms with van der Waals surface area (Å²) >= 11 is 0. The summed E-state index contributed by atoms with van der Waals surface area (Å²) < 4.78 is 0. The van der Waals surface area contributed by atoms with Gasteiger partial charge in [0.25, 0.3) is 5.69 Å². The number of rotatable bonds is 5. The minimum absolute atomic E-state index is 0.0406. The van der Waals surface area contributed by atoms with E-state index in [1.807, 2.05) is 19.1 Å². The molecule has 6 heteroatoms. The fourth-order valence-corrected chi connectivity index (χ4v) is 2.19. The molecule has 1 amide bonds. The Labute approximate surface area is 128 Å². The number of anilines is 1. The number of aryl methyl sites for hydroxylation is 2. The normalized spacial score (nSPS) is 10.3.